The molecule has 1 aromatic rings. The van der Waals surface area contributed by atoms with Gasteiger partial charge in [-0.2, -0.15) is 5.26 Å². The van der Waals surface area contributed by atoms with E-state index in [2.05, 4.69) is 9.71 Å². The summed E-state index contributed by atoms with van der Waals surface area (Å²) in [6, 6.07) is 1.59. The smallest absolute Gasteiger partial charge is 0.247 e. The molecule has 1 rings (SSSR count). The molecule has 0 spiro atoms. The van der Waals surface area contributed by atoms with E-state index in [1.807, 2.05) is 26.2 Å². The Morgan fingerprint density at radius 1 is 1.56 bits per heavy atom. The molecule has 0 saturated carbocycles. The predicted molar refractivity (Wildman–Crippen MR) is 63.8 cm³/mol. The number of rotatable bonds is 3. The van der Waals surface area contributed by atoms with Crippen LogP contribution in [0.5, 0.6) is 0 Å². The molecule has 1 aromatic heterocycles. The van der Waals surface area contributed by atoms with E-state index in [0.29, 0.717) is 5.13 Å². The summed E-state index contributed by atoms with van der Waals surface area (Å²) in [6.07, 6.45) is 0. The van der Waals surface area contributed by atoms with Crippen molar-refractivity contribution < 1.29 is 8.42 Å². The number of nitriles is 1. The lowest BCUT2D eigenvalue weighted by Gasteiger charge is -2.14. The lowest BCUT2D eigenvalue weighted by Crippen LogP contribution is -2.16. The number of hydrogen-bond acceptors (Lipinski definition) is 5. The largest absolute Gasteiger partial charge is 0.258 e. The van der Waals surface area contributed by atoms with Gasteiger partial charge in [-0.3, -0.25) is 4.72 Å². The molecule has 0 aliphatic carbocycles. The van der Waals surface area contributed by atoms with Crippen LogP contribution in [-0.4, -0.2) is 19.2 Å². The molecule has 0 unspecified atom stereocenters. The van der Waals surface area contributed by atoms with Crippen molar-refractivity contribution in [1.82, 2.24) is 4.98 Å². The van der Waals surface area contributed by atoms with Crippen molar-refractivity contribution in [3.63, 3.8) is 0 Å². The molecule has 7 heteroatoms. The zero-order valence-electron chi connectivity index (χ0n) is 9.31. The van der Waals surface area contributed by atoms with Gasteiger partial charge in [0.15, 0.2) is 10.9 Å². The molecule has 0 aliphatic rings. The van der Waals surface area contributed by atoms with E-state index in [4.69, 9.17) is 5.26 Å². The van der Waals surface area contributed by atoms with Crippen molar-refractivity contribution in [3.05, 3.63) is 11.1 Å². The lowest BCUT2D eigenvalue weighted by molar-refractivity contribution is 0.573. The average Bonchev–Trinajstić information content (AvgIpc) is 2.50. The Morgan fingerprint density at radius 2 is 2.19 bits per heavy atom. The molecule has 0 bridgehead atoms. The number of sulfonamides is 1. The molecule has 0 aromatic carbocycles. The Labute approximate surface area is 99.2 Å². The summed E-state index contributed by atoms with van der Waals surface area (Å²) in [5, 5.41) is 10.4. The summed E-state index contributed by atoms with van der Waals surface area (Å²) in [5.74, 6) is -0.558. The second kappa shape index (κ2) is 4.39. The van der Waals surface area contributed by atoms with Crippen LogP contribution in [0.3, 0.4) is 0 Å². The van der Waals surface area contributed by atoms with Crippen LogP contribution < -0.4 is 4.72 Å². The fourth-order valence-corrected chi connectivity index (χ4v) is 2.83. The third-order valence-electron chi connectivity index (χ3n) is 1.77. The van der Waals surface area contributed by atoms with E-state index in [-0.39, 0.29) is 5.41 Å². The summed E-state index contributed by atoms with van der Waals surface area (Å²) < 4.78 is 24.9. The number of nitrogens with one attached hydrogen (secondary N) is 1. The normalized spacial score (nSPS) is 12.1. The van der Waals surface area contributed by atoms with Gasteiger partial charge in [0.2, 0.25) is 10.0 Å². The topological polar surface area (TPSA) is 82.9 Å². The minimum absolute atomic E-state index is 0.116. The van der Waals surface area contributed by atoms with Crippen molar-refractivity contribution in [3.8, 4) is 6.07 Å². The molecule has 0 radical (unpaired) electrons. The molecule has 1 N–H and O–H groups in total. The van der Waals surface area contributed by atoms with E-state index in [1.54, 1.807) is 6.07 Å². The summed E-state index contributed by atoms with van der Waals surface area (Å²) in [6.45, 7) is 5.99. The SMILES string of the molecule is CC(C)(C)c1csc(NS(=O)(=O)CC#N)n1. The molecule has 0 amide bonds. The molecule has 0 atom stereocenters. The first-order chi connectivity index (χ1) is 7.24. The maximum absolute atomic E-state index is 11.3. The number of aromatic nitrogens is 1. The van der Waals surface area contributed by atoms with Crippen LogP contribution >= 0.6 is 11.3 Å². The molecule has 5 nitrogen and oxygen atoms in total. The predicted octanol–water partition coefficient (Wildman–Crippen LogP) is 1.71. The molecule has 0 fully saturated rings. The maximum Gasteiger partial charge on any atom is 0.247 e. The molecule has 88 valence electrons. The van der Waals surface area contributed by atoms with Crippen molar-refractivity contribution in [2.24, 2.45) is 0 Å². The van der Waals surface area contributed by atoms with Crippen LogP contribution in [0.2, 0.25) is 0 Å². The minimum Gasteiger partial charge on any atom is -0.258 e. The standard InChI is InChI=1S/C9H13N3O2S2/c1-9(2,3)7-6-15-8(11-7)12-16(13,14)5-4-10/h6H,5H2,1-3H3,(H,11,12). The van der Waals surface area contributed by atoms with Gasteiger partial charge < -0.3 is 0 Å². The van der Waals surface area contributed by atoms with Crippen LogP contribution in [0.15, 0.2) is 5.38 Å². The van der Waals surface area contributed by atoms with Gasteiger partial charge in [-0.25, -0.2) is 13.4 Å². The van der Waals surface area contributed by atoms with Crippen LogP contribution in [0.4, 0.5) is 5.13 Å². The van der Waals surface area contributed by atoms with Crippen molar-refractivity contribution in [1.29, 1.82) is 5.26 Å². The van der Waals surface area contributed by atoms with Crippen molar-refractivity contribution in [2.45, 2.75) is 26.2 Å². The molecule has 1 heterocycles. The van der Waals surface area contributed by atoms with E-state index in [0.717, 1.165) is 5.69 Å². The van der Waals surface area contributed by atoms with E-state index in [1.165, 1.54) is 11.3 Å². The number of thiazole rings is 1. The van der Waals surface area contributed by atoms with E-state index >= 15 is 0 Å². The van der Waals surface area contributed by atoms with Gasteiger partial charge in [0.05, 0.1) is 11.8 Å². The number of nitrogens with zero attached hydrogens (tertiary/aromatic N) is 2. The highest BCUT2D eigenvalue weighted by atomic mass is 32.2. The first-order valence-corrected chi connectivity index (χ1v) is 7.11. The van der Waals surface area contributed by atoms with Gasteiger partial charge in [0.25, 0.3) is 0 Å². The Balaban J connectivity index is 2.86. The molecule has 0 saturated heterocycles. The van der Waals surface area contributed by atoms with Gasteiger partial charge in [-0.1, -0.05) is 20.8 Å². The fourth-order valence-electron chi connectivity index (χ4n) is 0.919. The van der Waals surface area contributed by atoms with Gasteiger partial charge >= 0.3 is 0 Å². The Hall–Kier alpha value is -1.13. The van der Waals surface area contributed by atoms with Crippen LogP contribution in [0, 0.1) is 11.3 Å². The van der Waals surface area contributed by atoms with Gasteiger partial charge in [0, 0.05) is 10.8 Å². The second-order valence-corrected chi connectivity index (χ2v) is 6.89. The molecule has 0 aliphatic heterocycles. The number of hydrogen-bond donors (Lipinski definition) is 1. The summed E-state index contributed by atoms with van der Waals surface area (Å²) in [4.78, 5) is 4.17. The highest BCUT2D eigenvalue weighted by molar-refractivity contribution is 7.93. The zero-order chi connectivity index (χ0) is 12.4. The highest BCUT2D eigenvalue weighted by Crippen LogP contribution is 2.26. The third kappa shape index (κ3) is 3.47. The summed E-state index contributed by atoms with van der Waals surface area (Å²) in [7, 11) is -3.58. The van der Waals surface area contributed by atoms with Crippen LogP contribution in [0.1, 0.15) is 26.5 Å². The monoisotopic (exact) mass is 259 g/mol. The first kappa shape index (κ1) is 12.9. The third-order valence-corrected chi connectivity index (χ3v) is 3.67. The first-order valence-electron chi connectivity index (χ1n) is 4.58. The second-order valence-electron chi connectivity index (χ2n) is 4.31. The lowest BCUT2D eigenvalue weighted by atomic mass is 9.93. The Bertz CT molecular complexity index is 506. The van der Waals surface area contributed by atoms with Crippen LogP contribution in [-0.2, 0) is 15.4 Å². The van der Waals surface area contributed by atoms with Gasteiger partial charge in [0.1, 0.15) is 0 Å². The van der Waals surface area contributed by atoms with Gasteiger partial charge in [-0.15, -0.1) is 11.3 Å². The Kier molecular flexibility index (Phi) is 3.55. The highest BCUT2D eigenvalue weighted by Gasteiger charge is 2.19. The summed E-state index contributed by atoms with van der Waals surface area (Å²) in [5.41, 5.74) is 0.710. The molecular weight excluding hydrogens is 246 g/mol. The fraction of sp³-hybridized carbons (Fsp3) is 0.556. The van der Waals surface area contributed by atoms with Crippen LogP contribution in [0.25, 0.3) is 0 Å². The average molecular weight is 259 g/mol. The Morgan fingerprint density at radius 3 is 2.62 bits per heavy atom. The van der Waals surface area contributed by atoms with Crippen molar-refractivity contribution in [2.75, 3.05) is 10.5 Å². The minimum atomic E-state index is -3.58. The van der Waals surface area contributed by atoms with E-state index in [9.17, 15) is 8.42 Å². The summed E-state index contributed by atoms with van der Waals surface area (Å²) >= 11 is 1.22. The van der Waals surface area contributed by atoms with Gasteiger partial charge in [-0.05, 0) is 0 Å². The maximum atomic E-state index is 11.3. The van der Waals surface area contributed by atoms with Crippen molar-refractivity contribution >= 4 is 26.5 Å². The van der Waals surface area contributed by atoms with E-state index < -0.39 is 15.8 Å². The zero-order valence-corrected chi connectivity index (χ0v) is 10.9. The number of anilines is 1. The quantitative estimate of drug-likeness (QED) is 0.895. The molecular formula is C9H13N3O2S2. The molecule has 16 heavy (non-hydrogen) atoms.